The van der Waals surface area contributed by atoms with Crippen molar-refractivity contribution in [1.82, 2.24) is 4.98 Å². The van der Waals surface area contributed by atoms with Crippen molar-refractivity contribution in [3.05, 3.63) is 86.3 Å². The van der Waals surface area contributed by atoms with Crippen LogP contribution >= 0.6 is 0 Å². The standard InChI is InChI=1S/C27H17NO9/c29-16-6-5-12(8-17(16)30)25-24(34)23(33)22-18(31)10-19-21(26(22)37-25)13(9-20(32)36-19)14-7-11-3-1-2-4-15(11)28-27(14)35/h1-8,10,13,29-31,34H,9H2,(H,28,35)/t13-/m1/s1. The van der Waals surface area contributed by atoms with E-state index in [1.165, 1.54) is 6.07 Å². The Bertz CT molecular complexity index is 1900. The van der Waals surface area contributed by atoms with E-state index >= 15 is 0 Å². The molecule has 0 amide bonds. The number of carbonyl (C=O) groups is 1. The lowest BCUT2D eigenvalue weighted by molar-refractivity contribution is -0.135. The molecule has 0 spiro atoms. The van der Waals surface area contributed by atoms with Crippen molar-refractivity contribution >= 4 is 27.8 Å². The van der Waals surface area contributed by atoms with E-state index in [9.17, 15) is 34.8 Å². The number of esters is 1. The fraction of sp³-hybridized carbons (Fsp3) is 0.0741. The first-order valence-electron chi connectivity index (χ1n) is 11.1. The van der Waals surface area contributed by atoms with E-state index in [2.05, 4.69) is 4.98 Å². The summed E-state index contributed by atoms with van der Waals surface area (Å²) in [5, 5.41) is 41.1. The molecular formula is C27H17NO9. The summed E-state index contributed by atoms with van der Waals surface area (Å²) in [5.41, 5.74) is -0.626. The van der Waals surface area contributed by atoms with Crippen molar-refractivity contribution in [2.24, 2.45) is 0 Å². The number of aromatic amines is 1. The molecule has 3 aromatic carbocycles. The Balaban J connectivity index is 1.69. The summed E-state index contributed by atoms with van der Waals surface area (Å²) >= 11 is 0. The highest BCUT2D eigenvalue weighted by atomic mass is 16.5. The van der Waals surface area contributed by atoms with Crippen LogP contribution in [0.5, 0.6) is 28.7 Å². The van der Waals surface area contributed by atoms with E-state index in [1.807, 2.05) is 0 Å². The molecule has 184 valence electrons. The number of aromatic nitrogens is 1. The maximum atomic E-state index is 13.2. The number of hydrogen-bond acceptors (Lipinski definition) is 9. The Hall–Kier alpha value is -5.25. The largest absolute Gasteiger partial charge is 0.507 e. The summed E-state index contributed by atoms with van der Waals surface area (Å²) in [6, 6.07) is 13.3. The lowest BCUT2D eigenvalue weighted by atomic mass is 9.85. The van der Waals surface area contributed by atoms with Gasteiger partial charge in [0.15, 0.2) is 17.3 Å². The molecule has 2 aromatic heterocycles. The van der Waals surface area contributed by atoms with Gasteiger partial charge in [0.1, 0.15) is 22.5 Å². The molecule has 5 N–H and O–H groups in total. The van der Waals surface area contributed by atoms with Gasteiger partial charge in [0, 0.05) is 34.2 Å². The van der Waals surface area contributed by atoms with Crippen molar-refractivity contribution in [2.45, 2.75) is 12.3 Å². The van der Waals surface area contributed by atoms with Crippen molar-refractivity contribution in [3.8, 4) is 40.1 Å². The number of aromatic hydroxyl groups is 4. The number of pyridine rings is 1. The zero-order valence-corrected chi connectivity index (χ0v) is 18.8. The number of para-hydroxylation sites is 1. The number of phenolic OH excluding ortho intramolecular Hbond substituents is 3. The number of carbonyl (C=O) groups excluding carboxylic acids is 1. The van der Waals surface area contributed by atoms with Crippen molar-refractivity contribution < 1.29 is 34.4 Å². The second kappa shape index (κ2) is 7.89. The average molecular weight is 499 g/mol. The highest BCUT2D eigenvalue weighted by Gasteiger charge is 2.35. The predicted molar refractivity (Wildman–Crippen MR) is 131 cm³/mol. The van der Waals surface area contributed by atoms with Gasteiger partial charge in [-0.2, -0.15) is 0 Å². The number of fused-ring (bicyclic) bond motifs is 4. The second-order valence-electron chi connectivity index (χ2n) is 8.70. The third-order valence-electron chi connectivity index (χ3n) is 6.46. The van der Waals surface area contributed by atoms with Gasteiger partial charge in [-0.25, -0.2) is 0 Å². The summed E-state index contributed by atoms with van der Waals surface area (Å²) in [6.07, 6.45) is -0.256. The first-order valence-corrected chi connectivity index (χ1v) is 11.1. The van der Waals surface area contributed by atoms with E-state index < -0.39 is 45.9 Å². The van der Waals surface area contributed by atoms with Gasteiger partial charge < -0.3 is 34.6 Å². The van der Waals surface area contributed by atoms with Gasteiger partial charge in [-0.1, -0.05) is 18.2 Å². The van der Waals surface area contributed by atoms with Crippen LogP contribution in [-0.4, -0.2) is 31.4 Å². The molecule has 10 heteroatoms. The highest BCUT2D eigenvalue weighted by Crippen LogP contribution is 2.47. The van der Waals surface area contributed by atoms with Crippen LogP contribution in [0.2, 0.25) is 0 Å². The van der Waals surface area contributed by atoms with E-state index in [1.54, 1.807) is 30.3 Å². The minimum Gasteiger partial charge on any atom is -0.507 e. The van der Waals surface area contributed by atoms with Gasteiger partial charge in [-0.3, -0.25) is 14.4 Å². The first-order chi connectivity index (χ1) is 17.7. The molecular weight excluding hydrogens is 482 g/mol. The fourth-order valence-electron chi connectivity index (χ4n) is 4.73. The molecule has 5 aromatic rings. The summed E-state index contributed by atoms with van der Waals surface area (Å²) < 4.78 is 11.3. The van der Waals surface area contributed by atoms with Gasteiger partial charge in [0.25, 0.3) is 5.56 Å². The minimum absolute atomic E-state index is 0.0526. The molecule has 1 aliphatic heterocycles. The predicted octanol–water partition coefficient (Wildman–Crippen LogP) is 3.56. The minimum atomic E-state index is -0.979. The monoisotopic (exact) mass is 499 g/mol. The SMILES string of the molecule is O=C1C[C@H](c2cc3ccccc3[nH]c2=O)c2c(cc(O)c3c(=O)c(O)c(-c4ccc(O)c(O)c4)oc23)O1. The van der Waals surface area contributed by atoms with Gasteiger partial charge in [-0.05, 0) is 35.7 Å². The molecule has 1 atom stereocenters. The van der Waals surface area contributed by atoms with Crippen LogP contribution in [-0.2, 0) is 4.79 Å². The molecule has 0 bridgehead atoms. The Morgan fingerprint density at radius 2 is 1.65 bits per heavy atom. The number of phenols is 3. The van der Waals surface area contributed by atoms with Gasteiger partial charge in [0.05, 0.1) is 6.42 Å². The van der Waals surface area contributed by atoms with Gasteiger partial charge in [0.2, 0.25) is 11.2 Å². The normalized spacial score (nSPS) is 15.0. The molecule has 0 saturated heterocycles. The number of H-pyrrole nitrogens is 1. The Morgan fingerprint density at radius 3 is 2.43 bits per heavy atom. The van der Waals surface area contributed by atoms with Crippen LogP contribution in [0.15, 0.2) is 68.6 Å². The van der Waals surface area contributed by atoms with Crippen LogP contribution in [0.3, 0.4) is 0 Å². The van der Waals surface area contributed by atoms with Crippen molar-refractivity contribution in [3.63, 3.8) is 0 Å². The van der Waals surface area contributed by atoms with Crippen LogP contribution < -0.4 is 15.7 Å². The zero-order chi connectivity index (χ0) is 26.0. The van der Waals surface area contributed by atoms with Crippen molar-refractivity contribution in [1.29, 1.82) is 0 Å². The Morgan fingerprint density at radius 1 is 0.865 bits per heavy atom. The second-order valence-corrected chi connectivity index (χ2v) is 8.70. The average Bonchev–Trinajstić information content (AvgIpc) is 2.86. The molecule has 0 fully saturated rings. The maximum Gasteiger partial charge on any atom is 0.312 e. The Kier molecular flexibility index (Phi) is 4.74. The molecule has 37 heavy (non-hydrogen) atoms. The van der Waals surface area contributed by atoms with E-state index in [-0.39, 0.29) is 45.6 Å². The third kappa shape index (κ3) is 3.38. The maximum absolute atomic E-state index is 13.2. The Labute approximate surface area is 206 Å². The lowest BCUT2D eigenvalue weighted by Gasteiger charge is -2.25. The van der Waals surface area contributed by atoms with Crippen LogP contribution in [0.1, 0.15) is 23.5 Å². The van der Waals surface area contributed by atoms with E-state index in [0.717, 1.165) is 18.2 Å². The third-order valence-corrected chi connectivity index (χ3v) is 6.46. The fourth-order valence-corrected chi connectivity index (χ4v) is 4.73. The first kappa shape index (κ1) is 22.2. The molecule has 6 rings (SSSR count). The van der Waals surface area contributed by atoms with Crippen molar-refractivity contribution in [2.75, 3.05) is 0 Å². The lowest BCUT2D eigenvalue weighted by Crippen LogP contribution is -2.26. The number of nitrogens with one attached hydrogen (secondary N) is 1. The van der Waals surface area contributed by atoms with E-state index in [4.69, 9.17) is 9.15 Å². The van der Waals surface area contributed by atoms with Crippen LogP contribution in [0.4, 0.5) is 0 Å². The highest BCUT2D eigenvalue weighted by molar-refractivity contribution is 5.94. The zero-order valence-electron chi connectivity index (χ0n) is 18.8. The molecule has 3 heterocycles. The summed E-state index contributed by atoms with van der Waals surface area (Å²) in [5.74, 6) is -4.43. The molecule has 0 unspecified atom stereocenters. The quantitative estimate of drug-likeness (QED) is 0.138. The summed E-state index contributed by atoms with van der Waals surface area (Å²) in [4.78, 5) is 41.6. The smallest absolute Gasteiger partial charge is 0.312 e. The summed E-state index contributed by atoms with van der Waals surface area (Å²) in [6.45, 7) is 0. The number of ether oxygens (including phenoxy) is 1. The number of rotatable bonds is 2. The van der Waals surface area contributed by atoms with Gasteiger partial charge >= 0.3 is 5.97 Å². The van der Waals surface area contributed by atoms with E-state index in [0.29, 0.717) is 10.9 Å². The number of benzene rings is 3. The van der Waals surface area contributed by atoms with Gasteiger partial charge in [-0.15, -0.1) is 0 Å². The van der Waals surface area contributed by atoms with Crippen LogP contribution in [0, 0.1) is 0 Å². The molecule has 0 saturated carbocycles. The molecule has 0 aliphatic carbocycles. The molecule has 1 aliphatic rings. The molecule has 10 nitrogen and oxygen atoms in total. The number of hydrogen-bond donors (Lipinski definition) is 5. The topological polar surface area (TPSA) is 170 Å². The summed E-state index contributed by atoms with van der Waals surface area (Å²) in [7, 11) is 0. The molecule has 0 radical (unpaired) electrons. The van der Waals surface area contributed by atoms with Crippen LogP contribution in [0.25, 0.3) is 33.2 Å².